The Morgan fingerprint density at radius 3 is 2.59 bits per heavy atom. The lowest BCUT2D eigenvalue weighted by atomic mass is 9.79. The number of hydrogen-bond acceptors (Lipinski definition) is 3. The molecule has 0 aromatic heterocycles. The Morgan fingerprint density at radius 2 is 1.94 bits per heavy atom. The van der Waals surface area contributed by atoms with Gasteiger partial charge in [-0.2, -0.15) is 0 Å². The average Bonchev–Trinajstić information content (AvgIpc) is 3.06. The van der Waals surface area contributed by atoms with Crippen molar-refractivity contribution in [2.45, 2.75) is 69.6 Å². The minimum Gasteiger partial charge on any atom is -0.348 e. The van der Waals surface area contributed by atoms with Crippen molar-refractivity contribution < 1.29 is 22.8 Å². The van der Waals surface area contributed by atoms with Crippen LogP contribution in [0.1, 0.15) is 51.0 Å². The second-order valence-corrected chi connectivity index (χ2v) is 9.27. The van der Waals surface area contributed by atoms with Crippen LogP contribution < -0.4 is 10.6 Å². The zero-order valence-electron chi connectivity index (χ0n) is 19.5. The van der Waals surface area contributed by atoms with E-state index in [9.17, 15) is 18.4 Å². The van der Waals surface area contributed by atoms with Gasteiger partial charge in [-0.1, -0.05) is 25.1 Å². The Balaban J connectivity index is 1.75. The summed E-state index contributed by atoms with van der Waals surface area (Å²) in [6.45, 7) is 1.93. The van der Waals surface area contributed by atoms with E-state index in [1.807, 2.05) is 6.92 Å². The van der Waals surface area contributed by atoms with Crippen LogP contribution in [-0.2, 0) is 16.0 Å². The van der Waals surface area contributed by atoms with E-state index in [4.69, 9.17) is 0 Å². The predicted octanol–water partition coefficient (Wildman–Crippen LogP) is 4.30. The number of carbonyl (C=O) groups excluding carboxylic acids is 2. The predicted molar refractivity (Wildman–Crippen MR) is 123 cm³/mol. The van der Waals surface area contributed by atoms with Gasteiger partial charge in [-0.3, -0.25) is 9.59 Å². The Morgan fingerprint density at radius 1 is 1.21 bits per heavy atom. The summed E-state index contributed by atoms with van der Waals surface area (Å²) in [5, 5.41) is 6.34. The standard InChI is InChI=1S/C26H30F3N3O2/c1-3-6-24(34)32-21(26(15-22(32)30-2)10-5-9-23(33)31-26)13-16-7-4-8-20(25(16)29)17-11-18(27)14-19(28)12-17/h4,7-8,11-12,14,21-22,30H,3,5-6,9-10,13,15H2,1-2H3,(H,31,33). The first-order chi connectivity index (χ1) is 16.3. The van der Waals surface area contributed by atoms with E-state index in [1.165, 1.54) is 6.07 Å². The lowest BCUT2D eigenvalue weighted by Gasteiger charge is -2.41. The van der Waals surface area contributed by atoms with E-state index in [0.29, 0.717) is 44.1 Å². The summed E-state index contributed by atoms with van der Waals surface area (Å²) in [7, 11) is 1.78. The molecular formula is C26H30F3N3O2. The van der Waals surface area contributed by atoms with Gasteiger partial charge in [-0.05, 0) is 56.0 Å². The molecule has 0 saturated carbocycles. The summed E-state index contributed by atoms with van der Waals surface area (Å²) in [5.41, 5.74) is -0.138. The van der Waals surface area contributed by atoms with Gasteiger partial charge in [0.05, 0.1) is 17.7 Å². The molecule has 3 atom stereocenters. The van der Waals surface area contributed by atoms with Crippen molar-refractivity contribution in [3.63, 3.8) is 0 Å². The van der Waals surface area contributed by atoms with Crippen LogP contribution in [0, 0.1) is 17.5 Å². The maximum atomic E-state index is 15.7. The summed E-state index contributed by atoms with van der Waals surface area (Å²) in [6.07, 6.45) is 3.25. The van der Waals surface area contributed by atoms with E-state index in [-0.39, 0.29) is 35.5 Å². The van der Waals surface area contributed by atoms with E-state index in [1.54, 1.807) is 24.1 Å². The highest BCUT2D eigenvalue weighted by Crippen LogP contribution is 2.41. The topological polar surface area (TPSA) is 61.4 Å². The fourth-order valence-electron chi connectivity index (χ4n) is 5.54. The van der Waals surface area contributed by atoms with Crippen molar-refractivity contribution in [1.29, 1.82) is 0 Å². The van der Waals surface area contributed by atoms with Crippen LogP contribution in [0.4, 0.5) is 13.2 Å². The summed E-state index contributed by atoms with van der Waals surface area (Å²) >= 11 is 0. The molecule has 1 spiro atoms. The van der Waals surface area contributed by atoms with Gasteiger partial charge in [0, 0.05) is 30.9 Å². The average molecular weight is 474 g/mol. The van der Waals surface area contributed by atoms with Gasteiger partial charge < -0.3 is 15.5 Å². The number of hydrogen-bond donors (Lipinski definition) is 2. The molecule has 8 heteroatoms. The number of amides is 2. The molecule has 182 valence electrons. The molecule has 0 bridgehead atoms. The lowest BCUT2D eigenvalue weighted by Crippen LogP contribution is -2.60. The molecule has 2 aromatic carbocycles. The molecule has 2 saturated heterocycles. The molecule has 3 unspecified atom stereocenters. The fraction of sp³-hybridized carbons (Fsp3) is 0.462. The van der Waals surface area contributed by atoms with Crippen molar-refractivity contribution in [2.75, 3.05) is 7.05 Å². The second-order valence-electron chi connectivity index (χ2n) is 9.27. The molecule has 5 nitrogen and oxygen atoms in total. The van der Waals surface area contributed by atoms with E-state index in [2.05, 4.69) is 10.6 Å². The maximum Gasteiger partial charge on any atom is 0.224 e. The molecule has 34 heavy (non-hydrogen) atoms. The number of rotatable bonds is 6. The maximum absolute atomic E-state index is 15.7. The Labute approximate surface area is 197 Å². The monoisotopic (exact) mass is 473 g/mol. The Bertz CT molecular complexity index is 1070. The quantitative estimate of drug-likeness (QED) is 0.658. The molecule has 2 aromatic rings. The van der Waals surface area contributed by atoms with Gasteiger partial charge in [0.2, 0.25) is 11.8 Å². The normalized spacial score (nSPS) is 24.5. The number of halogens is 3. The highest BCUT2D eigenvalue weighted by Gasteiger charge is 2.54. The number of piperidine rings is 1. The SMILES string of the molecule is CCCC(=O)N1C(NC)CC2(CCCC(=O)N2)C1Cc1cccc(-c2cc(F)cc(F)c2)c1F. The van der Waals surface area contributed by atoms with Gasteiger partial charge in [-0.25, -0.2) is 13.2 Å². The Kier molecular flexibility index (Phi) is 6.98. The van der Waals surface area contributed by atoms with E-state index in [0.717, 1.165) is 18.2 Å². The number of benzene rings is 2. The third kappa shape index (κ3) is 4.56. The second kappa shape index (κ2) is 9.78. The third-order valence-electron chi connectivity index (χ3n) is 7.03. The van der Waals surface area contributed by atoms with Gasteiger partial charge in [-0.15, -0.1) is 0 Å². The number of nitrogens with zero attached hydrogens (tertiary/aromatic N) is 1. The smallest absolute Gasteiger partial charge is 0.224 e. The molecule has 2 fully saturated rings. The summed E-state index contributed by atoms with van der Waals surface area (Å²) < 4.78 is 43.3. The molecular weight excluding hydrogens is 443 g/mol. The largest absolute Gasteiger partial charge is 0.348 e. The first-order valence-corrected chi connectivity index (χ1v) is 11.8. The molecule has 0 radical (unpaired) electrons. The Hall–Kier alpha value is -2.87. The summed E-state index contributed by atoms with van der Waals surface area (Å²) in [5.74, 6) is -2.27. The molecule has 2 amide bonds. The van der Waals surface area contributed by atoms with Crippen LogP contribution in [0.15, 0.2) is 36.4 Å². The van der Waals surface area contributed by atoms with E-state index >= 15 is 4.39 Å². The van der Waals surface area contributed by atoms with Crippen LogP contribution in [0.2, 0.25) is 0 Å². The first-order valence-electron chi connectivity index (χ1n) is 11.8. The van der Waals surface area contributed by atoms with Crippen molar-refractivity contribution in [3.8, 4) is 11.1 Å². The number of nitrogens with one attached hydrogen (secondary N) is 2. The minimum atomic E-state index is -0.785. The highest BCUT2D eigenvalue weighted by molar-refractivity contribution is 5.80. The van der Waals surface area contributed by atoms with Crippen molar-refractivity contribution in [3.05, 3.63) is 59.4 Å². The van der Waals surface area contributed by atoms with Crippen LogP contribution in [0.3, 0.4) is 0 Å². The molecule has 2 heterocycles. The van der Waals surface area contributed by atoms with E-state index < -0.39 is 29.0 Å². The van der Waals surface area contributed by atoms with Crippen LogP contribution in [0.5, 0.6) is 0 Å². The van der Waals surface area contributed by atoms with Crippen LogP contribution in [-0.4, -0.2) is 41.5 Å². The minimum absolute atomic E-state index is 0.0488. The number of carbonyl (C=O) groups is 2. The first kappa shape index (κ1) is 24.3. The third-order valence-corrected chi connectivity index (χ3v) is 7.03. The van der Waals surface area contributed by atoms with Gasteiger partial charge in [0.15, 0.2) is 0 Å². The van der Waals surface area contributed by atoms with Crippen molar-refractivity contribution in [2.24, 2.45) is 0 Å². The molecule has 0 aliphatic carbocycles. The highest BCUT2D eigenvalue weighted by atomic mass is 19.1. The van der Waals surface area contributed by atoms with Crippen LogP contribution in [0.25, 0.3) is 11.1 Å². The van der Waals surface area contributed by atoms with Crippen molar-refractivity contribution in [1.82, 2.24) is 15.5 Å². The lowest BCUT2D eigenvalue weighted by molar-refractivity contribution is -0.136. The number of likely N-dealkylation sites (tertiary alicyclic amines) is 1. The molecule has 4 rings (SSSR count). The molecule has 2 aliphatic heterocycles. The molecule has 2 aliphatic rings. The van der Waals surface area contributed by atoms with Crippen molar-refractivity contribution >= 4 is 11.8 Å². The summed E-state index contributed by atoms with van der Waals surface area (Å²) in [6, 6.07) is 7.23. The van der Waals surface area contributed by atoms with Crippen LogP contribution >= 0.6 is 0 Å². The van der Waals surface area contributed by atoms with Gasteiger partial charge >= 0.3 is 0 Å². The van der Waals surface area contributed by atoms with Gasteiger partial charge in [0.25, 0.3) is 0 Å². The zero-order valence-corrected chi connectivity index (χ0v) is 19.5. The molecule has 2 N–H and O–H groups in total. The summed E-state index contributed by atoms with van der Waals surface area (Å²) in [4.78, 5) is 27.3. The fourth-order valence-corrected chi connectivity index (χ4v) is 5.54. The van der Waals surface area contributed by atoms with Gasteiger partial charge in [0.1, 0.15) is 17.5 Å². The zero-order chi connectivity index (χ0) is 24.5.